The molecule has 0 fully saturated rings. The number of nitrogens with zero attached hydrogens (tertiary/aromatic N) is 1. The third-order valence-electron chi connectivity index (χ3n) is 4.27. The Kier molecular flexibility index (Phi) is 7.10. The largest absolute Gasteiger partial charge is 0.386 e. The number of hydrogen-bond donors (Lipinski definition) is 2. The lowest BCUT2D eigenvalue weighted by Crippen LogP contribution is -2.17. The molecule has 3 aromatic rings. The van der Waals surface area contributed by atoms with E-state index in [1.54, 1.807) is 11.8 Å². The second-order valence-corrected chi connectivity index (χ2v) is 7.46. The molecule has 3 rings (SSSR count). The molecule has 0 aliphatic heterocycles. The molecule has 3 aromatic carbocycles. The second-order valence-electron chi connectivity index (χ2n) is 6.34. The van der Waals surface area contributed by atoms with Crippen LogP contribution >= 0.6 is 11.8 Å². The Hall–Kier alpha value is -3.49. The maximum absolute atomic E-state index is 12.6. The topological polar surface area (TPSA) is 64.9 Å². The number of benzene rings is 3. The lowest BCUT2D eigenvalue weighted by atomic mass is 10.1. The van der Waals surface area contributed by atoms with Gasteiger partial charge in [-0.2, -0.15) is 5.26 Å². The normalized spacial score (nSPS) is 10.8. The minimum atomic E-state index is -0.439. The van der Waals surface area contributed by atoms with Crippen LogP contribution in [0.5, 0.6) is 0 Å². The van der Waals surface area contributed by atoms with Crippen LogP contribution in [-0.4, -0.2) is 5.91 Å². The number of carbonyl (C=O) groups is 1. The van der Waals surface area contributed by atoms with Gasteiger partial charge in [-0.3, -0.25) is 4.79 Å². The SMILES string of the molecule is Cc1ccccc1CN/C=C(/C#N)C(=O)Nc1ccccc1Sc1ccccc1. The van der Waals surface area contributed by atoms with Gasteiger partial charge in [0.1, 0.15) is 11.6 Å². The Morgan fingerprint density at radius 2 is 1.69 bits per heavy atom. The van der Waals surface area contributed by atoms with Gasteiger partial charge in [-0.15, -0.1) is 0 Å². The fourth-order valence-corrected chi connectivity index (χ4v) is 3.61. The summed E-state index contributed by atoms with van der Waals surface area (Å²) in [7, 11) is 0. The van der Waals surface area contributed by atoms with Gasteiger partial charge in [-0.25, -0.2) is 0 Å². The number of nitrogens with one attached hydrogen (secondary N) is 2. The summed E-state index contributed by atoms with van der Waals surface area (Å²) in [6.07, 6.45) is 1.47. The maximum atomic E-state index is 12.6. The molecule has 0 aromatic heterocycles. The van der Waals surface area contributed by atoms with Crippen molar-refractivity contribution in [1.82, 2.24) is 5.32 Å². The summed E-state index contributed by atoms with van der Waals surface area (Å²) >= 11 is 1.56. The first kappa shape index (κ1) is 20.2. The fourth-order valence-electron chi connectivity index (χ4n) is 2.68. The van der Waals surface area contributed by atoms with Crippen LogP contribution in [0.2, 0.25) is 0 Å². The Morgan fingerprint density at radius 3 is 2.45 bits per heavy atom. The van der Waals surface area contributed by atoms with Crippen LogP contribution < -0.4 is 10.6 Å². The average Bonchev–Trinajstić information content (AvgIpc) is 2.74. The monoisotopic (exact) mass is 399 g/mol. The van der Waals surface area contributed by atoms with Crippen molar-refractivity contribution in [2.75, 3.05) is 5.32 Å². The fraction of sp³-hybridized carbons (Fsp3) is 0.0833. The first-order valence-corrected chi connectivity index (χ1v) is 10.0. The highest BCUT2D eigenvalue weighted by Crippen LogP contribution is 2.33. The van der Waals surface area contributed by atoms with Crippen molar-refractivity contribution in [1.29, 1.82) is 5.26 Å². The van der Waals surface area contributed by atoms with E-state index >= 15 is 0 Å². The summed E-state index contributed by atoms with van der Waals surface area (Å²) in [5, 5.41) is 15.3. The molecule has 0 heterocycles. The van der Waals surface area contributed by atoms with Gasteiger partial charge < -0.3 is 10.6 Å². The standard InChI is InChI=1S/C24H21N3OS/c1-18-9-5-6-10-19(18)16-26-17-20(15-25)24(28)27-22-13-7-8-14-23(22)29-21-11-3-2-4-12-21/h2-14,17,26H,16H2,1H3,(H,27,28)/b20-17-. The third kappa shape index (κ3) is 5.74. The molecule has 0 radical (unpaired) electrons. The molecule has 144 valence electrons. The average molecular weight is 400 g/mol. The lowest BCUT2D eigenvalue weighted by molar-refractivity contribution is -0.112. The zero-order chi connectivity index (χ0) is 20.5. The van der Waals surface area contributed by atoms with E-state index in [0.717, 1.165) is 20.9 Å². The van der Waals surface area contributed by atoms with Gasteiger partial charge >= 0.3 is 0 Å². The molecule has 0 spiro atoms. The number of para-hydroxylation sites is 1. The van der Waals surface area contributed by atoms with Crippen molar-refractivity contribution in [3.8, 4) is 6.07 Å². The summed E-state index contributed by atoms with van der Waals surface area (Å²) in [6.45, 7) is 2.57. The molecule has 2 N–H and O–H groups in total. The van der Waals surface area contributed by atoms with Gasteiger partial charge in [0.05, 0.1) is 5.69 Å². The van der Waals surface area contributed by atoms with E-state index in [1.807, 2.05) is 91.9 Å². The van der Waals surface area contributed by atoms with Crippen LogP contribution in [0.25, 0.3) is 0 Å². The van der Waals surface area contributed by atoms with Gasteiger partial charge in [0, 0.05) is 22.5 Å². The maximum Gasteiger partial charge on any atom is 0.267 e. The molecule has 0 atom stereocenters. The molecule has 1 amide bonds. The molecule has 0 bridgehead atoms. The highest BCUT2D eigenvalue weighted by molar-refractivity contribution is 7.99. The van der Waals surface area contributed by atoms with E-state index in [0.29, 0.717) is 12.2 Å². The van der Waals surface area contributed by atoms with Crippen LogP contribution in [0.4, 0.5) is 5.69 Å². The number of aryl methyl sites for hydroxylation is 1. The molecule has 5 heteroatoms. The highest BCUT2D eigenvalue weighted by atomic mass is 32.2. The Morgan fingerprint density at radius 1 is 1.00 bits per heavy atom. The first-order chi connectivity index (χ1) is 14.2. The molecule has 0 saturated carbocycles. The second kappa shape index (κ2) is 10.2. The number of rotatable bonds is 7. The number of anilines is 1. The predicted molar refractivity (Wildman–Crippen MR) is 117 cm³/mol. The minimum absolute atomic E-state index is 0.0260. The Bertz CT molecular complexity index is 1050. The first-order valence-electron chi connectivity index (χ1n) is 9.19. The summed E-state index contributed by atoms with van der Waals surface area (Å²) in [4.78, 5) is 14.6. The summed E-state index contributed by atoms with van der Waals surface area (Å²) in [5.41, 5.74) is 2.97. The number of hydrogen-bond acceptors (Lipinski definition) is 4. The lowest BCUT2D eigenvalue weighted by Gasteiger charge is -2.11. The summed E-state index contributed by atoms with van der Waals surface area (Å²) < 4.78 is 0. The molecule has 0 saturated heterocycles. The Balaban J connectivity index is 1.68. The molecular formula is C24H21N3OS. The van der Waals surface area contributed by atoms with Gasteiger partial charge in [-0.1, -0.05) is 66.4 Å². The van der Waals surface area contributed by atoms with Crippen molar-refractivity contribution in [2.45, 2.75) is 23.3 Å². The van der Waals surface area contributed by atoms with E-state index in [1.165, 1.54) is 6.20 Å². The smallest absolute Gasteiger partial charge is 0.267 e. The quantitative estimate of drug-likeness (QED) is 0.419. The van der Waals surface area contributed by atoms with Crippen molar-refractivity contribution in [3.05, 3.63) is 102 Å². The van der Waals surface area contributed by atoms with E-state index in [9.17, 15) is 10.1 Å². The number of amides is 1. The van der Waals surface area contributed by atoms with Crippen molar-refractivity contribution < 1.29 is 4.79 Å². The van der Waals surface area contributed by atoms with E-state index in [-0.39, 0.29) is 5.57 Å². The Labute approximate surface area is 175 Å². The molecule has 0 aliphatic carbocycles. The van der Waals surface area contributed by atoms with Crippen LogP contribution in [-0.2, 0) is 11.3 Å². The molecule has 4 nitrogen and oxygen atoms in total. The molecule has 0 aliphatic rings. The summed E-state index contributed by atoms with van der Waals surface area (Å²) in [5.74, 6) is -0.439. The van der Waals surface area contributed by atoms with Crippen molar-refractivity contribution in [2.24, 2.45) is 0 Å². The van der Waals surface area contributed by atoms with E-state index in [4.69, 9.17) is 0 Å². The van der Waals surface area contributed by atoms with Crippen LogP contribution in [0.3, 0.4) is 0 Å². The zero-order valence-corrected chi connectivity index (χ0v) is 16.9. The predicted octanol–water partition coefficient (Wildman–Crippen LogP) is 5.28. The zero-order valence-electron chi connectivity index (χ0n) is 16.1. The van der Waals surface area contributed by atoms with Crippen LogP contribution in [0.1, 0.15) is 11.1 Å². The highest BCUT2D eigenvalue weighted by Gasteiger charge is 2.12. The minimum Gasteiger partial charge on any atom is -0.386 e. The summed E-state index contributed by atoms with van der Waals surface area (Å²) in [6, 6.07) is 27.4. The number of nitriles is 1. The van der Waals surface area contributed by atoms with Crippen molar-refractivity contribution >= 4 is 23.4 Å². The van der Waals surface area contributed by atoms with Crippen molar-refractivity contribution in [3.63, 3.8) is 0 Å². The number of carbonyl (C=O) groups excluding carboxylic acids is 1. The van der Waals surface area contributed by atoms with Gasteiger partial charge in [0.2, 0.25) is 0 Å². The van der Waals surface area contributed by atoms with Gasteiger partial charge in [-0.05, 0) is 42.3 Å². The van der Waals surface area contributed by atoms with E-state index in [2.05, 4.69) is 10.6 Å². The van der Waals surface area contributed by atoms with Gasteiger partial charge in [0.25, 0.3) is 5.91 Å². The molecular weight excluding hydrogens is 378 g/mol. The molecule has 29 heavy (non-hydrogen) atoms. The van der Waals surface area contributed by atoms with Gasteiger partial charge in [0.15, 0.2) is 0 Å². The van der Waals surface area contributed by atoms with E-state index < -0.39 is 5.91 Å². The van der Waals surface area contributed by atoms with Crippen LogP contribution in [0.15, 0.2) is 100 Å². The third-order valence-corrected chi connectivity index (χ3v) is 5.36. The van der Waals surface area contributed by atoms with Crippen LogP contribution in [0, 0.1) is 18.3 Å². The molecule has 0 unspecified atom stereocenters.